The maximum absolute atomic E-state index is 12.1. The van der Waals surface area contributed by atoms with E-state index in [9.17, 15) is 14.7 Å². The van der Waals surface area contributed by atoms with Gasteiger partial charge in [0.2, 0.25) is 0 Å². The molecule has 1 aromatic carbocycles. The van der Waals surface area contributed by atoms with Gasteiger partial charge in [-0.3, -0.25) is 4.79 Å². The molecule has 0 unspecified atom stereocenters. The first-order chi connectivity index (χ1) is 9.88. The molecule has 3 N–H and O–H groups in total. The van der Waals surface area contributed by atoms with Gasteiger partial charge in [0, 0.05) is 24.6 Å². The Labute approximate surface area is 123 Å². The molecule has 6 nitrogen and oxygen atoms in total. The smallest absolute Gasteiger partial charge is 0.335 e. The van der Waals surface area contributed by atoms with Crippen molar-refractivity contribution in [1.82, 2.24) is 5.32 Å². The van der Waals surface area contributed by atoms with Crippen molar-refractivity contribution < 1.29 is 24.5 Å². The SMILES string of the molecule is COc1cc(C(=O)O)cc(C(=O)NC[C@@H](CO)C(C)C)c1. The van der Waals surface area contributed by atoms with Gasteiger partial charge in [0.15, 0.2) is 0 Å². The molecule has 116 valence electrons. The highest BCUT2D eigenvalue weighted by Crippen LogP contribution is 2.17. The summed E-state index contributed by atoms with van der Waals surface area (Å²) in [6.07, 6.45) is 0. The summed E-state index contributed by atoms with van der Waals surface area (Å²) < 4.78 is 5.00. The number of aliphatic hydroxyl groups excluding tert-OH is 1. The Morgan fingerprint density at radius 1 is 1.24 bits per heavy atom. The van der Waals surface area contributed by atoms with Crippen LogP contribution < -0.4 is 10.1 Å². The Morgan fingerprint density at radius 2 is 1.86 bits per heavy atom. The van der Waals surface area contributed by atoms with Gasteiger partial charge < -0.3 is 20.3 Å². The number of amides is 1. The van der Waals surface area contributed by atoms with Crippen LogP contribution in [0.3, 0.4) is 0 Å². The average molecular weight is 295 g/mol. The zero-order valence-electron chi connectivity index (χ0n) is 12.4. The van der Waals surface area contributed by atoms with Crippen molar-refractivity contribution in [2.24, 2.45) is 11.8 Å². The van der Waals surface area contributed by atoms with Gasteiger partial charge in [-0.1, -0.05) is 13.8 Å². The molecule has 0 radical (unpaired) electrons. The first-order valence-corrected chi connectivity index (χ1v) is 6.70. The Morgan fingerprint density at radius 3 is 2.33 bits per heavy atom. The van der Waals surface area contributed by atoms with E-state index in [-0.39, 0.29) is 29.6 Å². The third kappa shape index (κ3) is 4.75. The Hall–Kier alpha value is -2.08. The van der Waals surface area contributed by atoms with E-state index < -0.39 is 11.9 Å². The van der Waals surface area contributed by atoms with Crippen LogP contribution in [0.1, 0.15) is 34.6 Å². The number of hydrogen-bond donors (Lipinski definition) is 3. The number of carbonyl (C=O) groups is 2. The van der Waals surface area contributed by atoms with Gasteiger partial charge in [0.05, 0.1) is 12.7 Å². The van der Waals surface area contributed by atoms with E-state index in [0.29, 0.717) is 12.3 Å². The average Bonchev–Trinajstić information content (AvgIpc) is 2.46. The molecule has 0 aliphatic rings. The molecule has 1 amide bonds. The van der Waals surface area contributed by atoms with Crippen molar-refractivity contribution in [3.05, 3.63) is 29.3 Å². The number of benzene rings is 1. The van der Waals surface area contributed by atoms with Gasteiger partial charge in [0.1, 0.15) is 5.75 Å². The lowest BCUT2D eigenvalue weighted by Gasteiger charge is -2.18. The summed E-state index contributed by atoms with van der Waals surface area (Å²) in [6, 6.07) is 4.12. The van der Waals surface area contributed by atoms with Gasteiger partial charge in [-0.25, -0.2) is 4.79 Å². The molecule has 0 aromatic heterocycles. The summed E-state index contributed by atoms with van der Waals surface area (Å²) in [5.41, 5.74) is 0.203. The lowest BCUT2D eigenvalue weighted by molar-refractivity contribution is 0.0696. The van der Waals surface area contributed by atoms with Crippen molar-refractivity contribution in [3.63, 3.8) is 0 Å². The van der Waals surface area contributed by atoms with Crippen LogP contribution >= 0.6 is 0 Å². The second kappa shape index (κ2) is 7.64. The second-order valence-corrected chi connectivity index (χ2v) is 5.15. The van der Waals surface area contributed by atoms with E-state index in [2.05, 4.69) is 5.32 Å². The number of methoxy groups -OCH3 is 1. The number of nitrogens with one attached hydrogen (secondary N) is 1. The molecule has 6 heteroatoms. The van der Waals surface area contributed by atoms with Crippen LogP contribution in [-0.4, -0.2) is 42.4 Å². The second-order valence-electron chi connectivity index (χ2n) is 5.15. The van der Waals surface area contributed by atoms with Crippen molar-refractivity contribution >= 4 is 11.9 Å². The van der Waals surface area contributed by atoms with E-state index in [1.807, 2.05) is 13.8 Å². The van der Waals surface area contributed by atoms with Crippen LogP contribution in [0.2, 0.25) is 0 Å². The Kier molecular flexibility index (Phi) is 6.17. The normalized spacial score (nSPS) is 12.0. The minimum absolute atomic E-state index is 0.0120. The van der Waals surface area contributed by atoms with Crippen LogP contribution in [0.15, 0.2) is 18.2 Å². The van der Waals surface area contributed by atoms with Crippen molar-refractivity contribution in [2.45, 2.75) is 13.8 Å². The molecular formula is C15H21NO5. The largest absolute Gasteiger partial charge is 0.497 e. The molecular weight excluding hydrogens is 274 g/mol. The molecule has 0 heterocycles. The number of carbonyl (C=O) groups excluding carboxylic acids is 1. The quantitative estimate of drug-likeness (QED) is 0.706. The molecule has 0 saturated heterocycles. The van der Waals surface area contributed by atoms with Gasteiger partial charge >= 0.3 is 5.97 Å². The monoisotopic (exact) mass is 295 g/mol. The summed E-state index contributed by atoms with van der Waals surface area (Å²) in [5, 5.41) is 21.0. The number of aliphatic hydroxyl groups is 1. The number of rotatable bonds is 7. The van der Waals surface area contributed by atoms with Gasteiger partial charge in [0.25, 0.3) is 5.91 Å². The van der Waals surface area contributed by atoms with E-state index in [4.69, 9.17) is 9.84 Å². The highest BCUT2D eigenvalue weighted by atomic mass is 16.5. The number of carboxylic acids is 1. The molecule has 0 bridgehead atoms. The molecule has 21 heavy (non-hydrogen) atoms. The van der Waals surface area contributed by atoms with E-state index in [1.54, 1.807) is 0 Å². The van der Waals surface area contributed by atoms with Crippen LogP contribution in [0.25, 0.3) is 0 Å². The van der Waals surface area contributed by atoms with Gasteiger partial charge in [-0.2, -0.15) is 0 Å². The number of ether oxygens (including phenoxy) is 1. The van der Waals surface area contributed by atoms with E-state index in [0.717, 1.165) is 0 Å². The highest BCUT2D eigenvalue weighted by Gasteiger charge is 2.16. The molecule has 0 spiro atoms. The minimum Gasteiger partial charge on any atom is -0.497 e. The summed E-state index contributed by atoms with van der Waals surface area (Å²) >= 11 is 0. The number of hydrogen-bond acceptors (Lipinski definition) is 4. The zero-order valence-corrected chi connectivity index (χ0v) is 12.4. The van der Waals surface area contributed by atoms with Crippen LogP contribution in [0.5, 0.6) is 5.75 Å². The lowest BCUT2D eigenvalue weighted by Crippen LogP contribution is -2.33. The minimum atomic E-state index is -1.13. The number of aromatic carboxylic acids is 1. The van der Waals surface area contributed by atoms with Crippen molar-refractivity contribution in [2.75, 3.05) is 20.3 Å². The molecule has 1 rings (SSSR count). The van der Waals surface area contributed by atoms with E-state index >= 15 is 0 Å². The summed E-state index contributed by atoms with van der Waals surface area (Å²) in [6.45, 7) is 4.23. The third-order valence-corrected chi connectivity index (χ3v) is 3.35. The van der Waals surface area contributed by atoms with Crippen molar-refractivity contribution in [3.8, 4) is 5.75 Å². The Bertz CT molecular complexity index is 513. The van der Waals surface area contributed by atoms with E-state index in [1.165, 1.54) is 25.3 Å². The predicted octanol–water partition coefficient (Wildman–Crippen LogP) is 1.39. The summed E-state index contributed by atoms with van der Waals surface area (Å²) in [5.74, 6) is -1.02. The third-order valence-electron chi connectivity index (χ3n) is 3.35. The fraction of sp³-hybridized carbons (Fsp3) is 0.467. The van der Waals surface area contributed by atoms with Crippen LogP contribution in [0.4, 0.5) is 0 Å². The first-order valence-electron chi connectivity index (χ1n) is 6.70. The molecule has 1 atom stereocenters. The number of carboxylic acid groups (broad SMARTS) is 1. The zero-order chi connectivity index (χ0) is 16.0. The summed E-state index contributed by atoms with van der Waals surface area (Å²) in [7, 11) is 1.41. The predicted molar refractivity (Wildman–Crippen MR) is 77.7 cm³/mol. The van der Waals surface area contributed by atoms with Crippen LogP contribution in [-0.2, 0) is 0 Å². The Balaban J connectivity index is 2.86. The lowest BCUT2D eigenvalue weighted by atomic mass is 9.97. The fourth-order valence-electron chi connectivity index (χ4n) is 1.81. The molecule has 0 fully saturated rings. The van der Waals surface area contributed by atoms with Crippen LogP contribution in [0, 0.1) is 11.8 Å². The van der Waals surface area contributed by atoms with Gasteiger partial charge in [-0.05, 0) is 24.1 Å². The molecule has 0 aliphatic heterocycles. The highest BCUT2D eigenvalue weighted by molar-refractivity contribution is 5.98. The molecule has 1 aromatic rings. The summed E-state index contributed by atoms with van der Waals surface area (Å²) in [4.78, 5) is 23.1. The fourth-order valence-corrected chi connectivity index (χ4v) is 1.81. The molecule has 0 saturated carbocycles. The maximum atomic E-state index is 12.1. The first kappa shape index (κ1) is 17.0. The maximum Gasteiger partial charge on any atom is 0.335 e. The standard InChI is InChI=1S/C15H21NO5/c1-9(2)12(8-17)7-16-14(18)10-4-11(15(19)20)6-13(5-10)21-3/h4-6,9,12,17H,7-8H2,1-3H3,(H,16,18)(H,19,20)/t12-/m0/s1. The topological polar surface area (TPSA) is 95.9 Å². The molecule has 0 aliphatic carbocycles. The van der Waals surface area contributed by atoms with Crippen molar-refractivity contribution in [1.29, 1.82) is 0 Å². The van der Waals surface area contributed by atoms with Gasteiger partial charge in [-0.15, -0.1) is 0 Å².